The predicted molar refractivity (Wildman–Crippen MR) is 138 cm³/mol. The highest BCUT2D eigenvalue weighted by Crippen LogP contribution is 2.40. The minimum Gasteiger partial charge on any atom is -0.493 e. The molecule has 36 heavy (non-hydrogen) atoms. The van der Waals surface area contributed by atoms with Crippen molar-refractivity contribution in [2.45, 2.75) is 30.7 Å². The average molecular weight is 512 g/mol. The predicted octanol–water partition coefficient (Wildman–Crippen LogP) is 4.14. The molecule has 9 nitrogen and oxygen atoms in total. The molecule has 2 aliphatic rings. The van der Waals surface area contributed by atoms with Gasteiger partial charge in [0.15, 0.2) is 11.5 Å². The molecule has 0 spiro atoms. The molecular weight excluding hydrogens is 482 g/mol. The van der Waals surface area contributed by atoms with Crippen molar-refractivity contribution in [3.63, 3.8) is 0 Å². The Bertz CT molecular complexity index is 1190. The van der Waals surface area contributed by atoms with Gasteiger partial charge < -0.3 is 29.7 Å². The van der Waals surface area contributed by atoms with E-state index in [1.165, 1.54) is 11.8 Å². The van der Waals surface area contributed by atoms with Gasteiger partial charge in [0.05, 0.1) is 31.4 Å². The summed E-state index contributed by atoms with van der Waals surface area (Å²) in [4.78, 5) is 40.5. The van der Waals surface area contributed by atoms with Crippen LogP contribution in [0.2, 0.25) is 0 Å². The summed E-state index contributed by atoms with van der Waals surface area (Å²) < 4.78 is 15.6. The molecule has 1 saturated heterocycles. The molecular formula is C26H29N3O6S. The van der Waals surface area contributed by atoms with E-state index in [0.29, 0.717) is 60.2 Å². The Morgan fingerprint density at radius 2 is 1.86 bits per heavy atom. The maximum atomic E-state index is 12.8. The summed E-state index contributed by atoms with van der Waals surface area (Å²) in [5.74, 6) is 0.737. The average Bonchev–Trinajstić information content (AvgIpc) is 2.89. The minimum atomic E-state index is -0.315. The van der Waals surface area contributed by atoms with Crippen LogP contribution in [0.15, 0.2) is 46.2 Å². The lowest BCUT2D eigenvalue weighted by Gasteiger charge is -2.31. The standard InChI is InChI=1S/C26H29N3O6S/c1-4-35-26(32)29-11-9-18(10-12-29)27-24(30)17-6-8-22-19(15-17)28-25(31)23(36-22)14-16-5-7-20(33-2)21(13-16)34-3/h5-8,13-15,18H,4,9-12H2,1-3H3,(H,27,30)(H,28,31). The molecule has 0 aromatic heterocycles. The smallest absolute Gasteiger partial charge is 0.409 e. The topological polar surface area (TPSA) is 106 Å². The second-order valence-corrected chi connectivity index (χ2v) is 9.41. The first-order valence-electron chi connectivity index (χ1n) is 11.7. The van der Waals surface area contributed by atoms with Crippen molar-refractivity contribution in [3.8, 4) is 11.5 Å². The van der Waals surface area contributed by atoms with E-state index in [4.69, 9.17) is 14.2 Å². The van der Waals surface area contributed by atoms with E-state index in [9.17, 15) is 14.4 Å². The summed E-state index contributed by atoms with van der Waals surface area (Å²) in [5.41, 5.74) is 1.87. The molecule has 2 aromatic rings. The summed E-state index contributed by atoms with van der Waals surface area (Å²) in [6, 6.07) is 10.7. The van der Waals surface area contributed by atoms with Gasteiger partial charge >= 0.3 is 6.09 Å². The van der Waals surface area contributed by atoms with Crippen LogP contribution in [0.4, 0.5) is 10.5 Å². The highest BCUT2D eigenvalue weighted by Gasteiger charge is 2.26. The number of anilines is 1. The quantitative estimate of drug-likeness (QED) is 0.562. The second-order valence-electron chi connectivity index (χ2n) is 8.32. The summed E-state index contributed by atoms with van der Waals surface area (Å²) in [6.45, 7) is 3.20. The number of hydrogen-bond acceptors (Lipinski definition) is 7. The minimum absolute atomic E-state index is 0.0285. The first-order valence-corrected chi connectivity index (χ1v) is 12.5. The Morgan fingerprint density at radius 3 is 2.56 bits per heavy atom. The fourth-order valence-corrected chi connectivity index (χ4v) is 5.02. The number of ether oxygens (including phenoxy) is 3. The largest absolute Gasteiger partial charge is 0.493 e. The van der Waals surface area contributed by atoms with Gasteiger partial charge in [-0.1, -0.05) is 17.8 Å². The molecule has 190 valence electrons. The van der Waals surface area contributed by atoms with Gasteiger partial charge in [0.25, 0.3) is 11.8 Å². The zero-order chi connectivity index (χ0) is 25.7. The van der Waals surface area contributed by atoms with Crippen LogP contribution in [-0.4, -0.2) is 62.8 Å². The molecule has 2 heterocycles. The highest BCUT2D eigenvalue weighted by atomic mass is 32.2. The zero-order valence-electron chi connectivity index (χ0n) is 20.5. The molecule has 0 unspecified atom stereocenters. The number of nitrogens with one attached hydrogen (secondary N) is 2. The first-order chi connectivity index (χ1) is 17.4. The number of benzene rings is 2. The molecule has 0 bridgehead atoms. The van der Waals surface area contributed by atoms with E-state index >= 15 is 0 Å². The van der Waals surface area contributed by atoms with E-state index in [1.54, 1.807) is 56.4 Å². The number of likely N-dealkylation sites (tertiary alicyclic amines) is 1. The summed E-state index contributed by atoms with van der Waals surface area (Å²) >= 11 is 1.34. The van der Waals surface area contributed by atoms with Crippen LogP contribution in [0.3, 0.4) is 0 Å². The van der Waals surface area contributed by atoms with Crippen molar-refractivity contribution in [3.05, 3.63) is 52.4 Å². The van der Waals surface area contributed by atoms with Crippen molar-refractivity contribution in [1.29, 1.82) is 0 Å². The van der Waals surface area contributed by atoms with Crippen LogP contribution < -0.4 is 20.1 Å². The molecule has 2 N–H and O–H groups in total. The summed E-state index contributed by atoms with van der Waals surface area (Å²) in [5, 5.41) is 5.92. The van der Waals surface area contributed by atoms with E-state index in [0.717, 1.165) is 10.5 Å². The molecule has 2 aliphatic heterocycles. The number of nitrogens with zero attached hydrogens (tertiary/aromatic N) is 1. The van der Waals surface area contributed by atoms with Crippen molar-refractivity contribution in [1.82, 2.24) is 10.2 Å². The molecule has 0 aliphatic carbocycles. The Labute approximate surface area is 214 Å². The number of fused-ring (bicyclic) bond motifs is 1. The van der Waals surface area contributed by atoms with Gasteiger partial charge in [-0.3, -0.25) is 9.59 Å². The van der Waals surface area contributed by atoms with Crippen LogP contribution >= 0.6 is 11.8 Å². The van der Waals surface area contributed by atoms with Crippen LogP contribution in [0.1, 0.15) is 35.7 Å². The number of methoxy groups -OCH3 is 2. The Balaban J connectivity index is 1.40. The number of amides is 3. The van der Waals surface area contributed by atoms with Gasteiger partial charge in [0.2, 0.25) is 0 Å². The number of rotatable bonds is 6. The number of thioether (sulfide) groups is 1. The SMILES string of the molecule is CCOC(=O)N1CCC(NC(=O)c2ccc3c(c2)NC(=O)C(=Cc2ccc(OC)c(OC)c2)S3)CC1. The van der Waals surface area contributed by atoms with E-state index < -0.39 is 0 Å². The van der Waals surface area contributed by atoms with Gasteiger partial charge in [-0.15, -0.1) is 0 Å². The van der Waals surface area contributed by atoms with Gasteiger partial charge in [0.1, 0.15) is 0 Å². The molecule has 1 fully saturated rings. The lowest BCUT2D eigenvalue weighted by atomic mass is 10.0. The van der Waals surface area contributed by atoms with Gasteiger partial charge in [-0.05, 0) is 61.7 Å². The van der Waals surface area contributed by atoms with Crippen molar-refractivity contribution in [2.24, 2.45) is 0 Å². The number of carbonyl (C=O) groups is 3. The number of piperidine rings is 1. The first kappa shape index (κ1) is 25.4. The lowest BCUT2D eigenvalue weighted by molar-refractivity contribution is -0.112. The third kappa shape index (κ3) is 5.76. The molecule has 0 saturated carbocycles. The number of carbonyl (C=O) groups excluding carboxylic acids is 3. The van der Waals surface area contributed by atoms with Crippen LogP contribution in [0.25, 0.3) is 6.08 Å². The Hall–Kier alpha value is -3.66. The van der Waals surface area contributed by atoms with Gasteiger partial charge in [-0.25, -0.2) is 4.79 Å². The van der Waals surface area contributed by atoms with E-state index in [1.807, 2.05) is 12.1 Å². The maximum absolute atomic E-state index is 12.8. The molecule has 10 heteroatoms. The molecule has 3 amide bonds. The highest BCUT2D eigenvalue weighted by molar-refractivity contribution is 8.04. The molecule has 4 rings (SSSR count). The van der Waals surface area contributed by atoms with Crippen LogP contribution in [0.5, 0.6) is 11.5 Å². The summed E-state index contributed by atoms with van der Waals surface area (Å²) in [6.07, 6.45) is 2.79. The van der Waals surface area contributed by atoms with E-state index in [-0.39, 0.29) is 23.9 Å². The zero-order valence-corrected chi connectivity index (χ0v) is 21.3. The fourth-order valence-electron chi connectivity index (χ4n) is 4.09. The van der Waals surface area contributed by atoms with Gasteiger partial charge in [0, 0.05) is 29.6 Å². The number of hydrogen-bond donors (Lipinski definition) is 2. The monoisotopic (exact) mass is 511 g/mol. The lowest BCUT2D eigenvalue weighted by Crippen LogP contribution is -2.46. The van der Waals surface area contributed by atoms with Crippen molar-refractivity contribution < 1.29 is 28.6 Å². The second kappa shape index (κ2) is 11.4. The summed E-state index contributed by atoms with van der Waals surface area (Å²) in [7, 11) is 3.13. The van der Waals surface area contributed by atoms with Crippen LogP contribution in [0, 0.1) is 0 Å². The third-order valence-corrected chi connectivity index (χ3v) is 7.09. The molecule has 0 atom stereocenters. The maximum Gasteiger partial charge on any atom is 0.409 e. The molecule has 2 aromatic carbocycles. The Morgan fingerprint density at radius 1 is 1.11 bits per heavy atom. The van der Waals surface area contributed by atoms with Crippen molar-refractivity contribution in [2.75, 3.05) is 39.2 Å². The fraction of sp³-hybridized carbons (Fsp3) is 0.346. The third-order valence-electron chi connectivity index (χ3n) is 6.00. The van der Waals surface area contributed by atoms with Crippen molar-refractivity contribution >= 4 is 41.4 Å². The Kier molecular flexibility index (Phi) is 8.04. The van der Waals surface area contributed by atoms with Crippen LogP contribution in [-0.2, 0) is 9.53 Å². The van der Waals surface area contributed by atoms with Gasteiger partial charge in [-0.2, -0.15) is 0 Å². The van der Waals surface area contributed by atoms with E-state index in [2.05, 4.69) is 10.6 Å². The molecule has 0 radical (unpaired) electrons. The normalized spacial score (nSPS) is 16.7.